The minimum absolute atomic E-state index is 0.0164. The third-order valence-electron chi connectivity index (χ3n) is 3.26. The number of hydrogen-bond donors (Lipinski definition) is 3. The number of ether oxygens (including phenoxy) is 1. The molecule has 0 radical (unpaired) electrons. The van der Waals surface area contributed by atoms with Crippen LogP contribution in [0.4, 0.5) is 10.5 Å². The Bertz CT molecular complexity index is 698. The normalized spacial score (nSPS) is 11.7. The van der Waals surface area contributed by atoms with Gasteiger partial charge in [-0.15, -0.1) is 0 Å². The molecule has 7 nitrogen and oxygen atoms in total. The largest absolute Gasteiger partial charge is 0.489 e. The van der Waals surface area contributed by atoms with Gasteiger partial charge in [-0.25, -0.2) is 4.79 Å². The molecule has 134 valence electrons. The first-order valence-electron chi connectivity index (χ1n) is 8.09. The molecular weight excluding hydrogens is 322 g/mol. The monoisotopic (exact) mass is 345 g/mol. The summed E-state index contributed by atoms with van der Waals surface area (Å²) in [5.41, 5.74) is 0.539. The van der Waals surface area contributed by atoms with Gasteiger partial charge in [-0.1, -0.05) is 12.1 Å². The van der Waals surface area contributed by atoms with Crippen molar-refractivity contribution >= 4 is 17.6 Å². The van der Waals surface area contributed by atoms with Gasteiger partial charge in [-0.3, -0.25) is 4.79 Å². The molecule has 1 heterocycles. The van der Waals surface area contributed by atoms with Crippen molar-refractivity contribution in [3.05, 3.63) is 48.4 Å². The molecule has 0 saturated heterocycles. The van der Waals surface area contributed by atoms with E-state index in [9.17, 15) is 9.59 Å². The van der Waals surface area contributed by atoms with Crippen molar-refractivity contribution in [2.75, 3.05) is 5.32 Å². The Morgan fingerprint density at radius 3 is 2.56 bits per heavy atom. The second kappa shape index (κ2) is 8.77. The lowest BCUT2D eigenvalue weighted by molar-refractivity contribution is -0.122. The Labute approximate surface area is 146 Å². The molecule has 0 aliphatic heterocycles. The minimum Gasteiger partial charge on any atom is -0.489 e. The minimum atomic E-state index is -0.701. The molecule has 0 fully saturated rings. The predicted molar refractivity (Wildman–Crippen MR) is 94.4 cm³/mol. The lowest BCUT2D eigenvalue weighted by atomic mass is 10.3. The zero-order valence-corrected chi connectivity index (χ0v) is 14.5. The van der Waals surface area contributed by atoms with E-state index in [1.165, 1.54) is 6.26 Å². The van der Waals surface area contributed by atoms with Crippen LogP contribution in [0, 0.1) is 0 Å². The van der Waals surface area contributed by atoms with Crippen LogP contribution in [-0.4, -0.2) is 24.1 Å². The van der Waals surface area contributed by atoms with Crippen molar-refractivity contribution in [2.45, 2.75) is 39.5 Å². The molecule has 2 aromatic rings. The average molecular weight is 345 g/mol. The summed E-state index contributed by atoms with van der Waals surface area (Å²) in [5.74, 6) is 0.908. The van der Waals surface area contributed by atoms with Crippen LogP contribution in [0.3, 0.4) is 0 Å². The zero-order valence-electron chi connectivity index (χ0n) is 14.5. The van der Waals surface area contributed by atoms with E-state index in [1.807, 2.05) is 19.9 Å². The van der Waals surface area contributed by atoms with Crippen LogP contribution in [0.15, 0.2) is 47.1 Å². The van der Waals surface area contributed by atoms with E-state index < -0.39 is 12.1 Å². The van der Waals surface area contributed by atoms with Gasteiger partial charge in [0.1, 0.15) is 17.6 Å². The average Bonchev–Trinajstić information content (AvgIpc) is 3.07. The van der Waals surface area contributed by atoms with Crippen LogP contribution in [0.25, 0.3) is 0 Å². The van der Waals surface area contributed by atoms with Crippen LogP contribution < -0.4 is 20.7 Å². The van der Waals surface area contributed by atoms with Gasteiger partial charge in [0.25, 0.3) is 0 Å². The van der Waals surface area contributed by atoms with E-state index in [2.05, 4.69) is 16.0 Å². The molecule has 3 amide bonds. The maximum absolute atomic E-state index is 12.1. The summed E-state index contributed by atoms with van der Waals surface area (Å²) in [4.78, 5) is 24.1. The molecule has 1 atom stereocenters. The topological polar surface area (TPSA) is 92.6 Å². The third-order valence-corrected chi connectivity index (χ3v) is 3.26. The van der Waals surface area contributed by atoms with E-state index in [1.54, 1.807) is 37.3 Å². The molecule has 0 aliphatic rings. The first-order valence-corrected chi connectivity index (χ1v) is 8.09. The van der Waals surface area contributed by atoms with Crippen LogP contribution in [0.2, 0.25) is 0 Å². The Morgan fingerprint density at radius 1 is 1.12 bits per heavy atom. The molecule has 0 spiro atoms. The number of carbonyl (C=O) groups excluding carboxylic acids is 2. The summed E-state index contributed by atoms with van der Waals surface area (Å²) in [6.45, 7) is 5.68. The molecule has 0 unspecified atom stereocenters. The van der Waals surface area contributed by atoms with Crippen molar-refractivity contribution in [3.63, 3.8) is 0 Å². The lowest BCUT2D eigenvalue weighted by Gasteiger charge is -2.17. The van der Waals surface area contributed by atoms with Crippen molar-refractivity contribution in [1.29, 1.82) is 0 Å². The predicted octanol–water partition coefficient (Wildman–Crippen LogP) is 2.89. The quantitative estimate of drug-likeness (QED) is 0.719. The SMILES string of the molecule is CC(C)Oc1ccccc1NC(=O)N[C@H](C)C(=O)NCc1ccco1. The molecule has 25 heavy (non-hydrogen) atoms. The Balaban J connectivity index is 1.86. The molecule has 2 rings (SSSR count). The van der Waals surface area contributed by atoms with Gasteiger partial charge in [-0.05, 0) is 45.0 Å². The Morgan fingerprint density at radius 2 is 1.88 bits per heavy atom. The third kappa shape index (κ3) is 5.87. The number of carbonyl (C=O) groups is 2. The second-order valence-electron chi connectivity index (χ2n) is 5.78. The summed E-state index contributed by atoms with van der Waals surface area (Å²) < 4.78 is 10.8. The molecule has 0 aliphatic carbocycles. The zero-order chi connectivity index (χ0) is 18.2. The number of benzene rings is 1. The number of nitrogens with one attached hydrogen (secondary N) is 3. The highest BCUT2D eigenvalue weighted by Crippen LogP contribution is 2.24. The van der Waals surface area contributed by atoms with Gasteiger partial charge >= 0.3 is 6.03 Å². The van der Waals surface area contributed by atoms with Gasteiger partial charge in [0.2, 0.25) is 5.91 Å². The fraction of sp³-hybridized carbons (Fsp3) is 0.333. The van der Waals surface area contributed by atoms with Crippen molar-refractivity contribution in [1.82, 2.24) is 10.6 Å². The summed E-state index contributed by atoms with van der Waals surface area (Å²) in [6.07, 6.45) is 1.52. The van der Waals surface area contributed by atoms with E-state index in [0.29, 0.717) is 17.2 Å². The first kappa shape index (κ1) is 18.4. The van der Waals surface area contributed by atoms with Crippen molar-refractivity contribution < 1.29 is 18.7 Å². The molecule has 3 N–H and O–H groups in total. The summed E-state index contributed by atoms with van der Waals surface area (Å²) in [7, 11) is 0. The maximum atomic E-state index is 12.1. The lowest BCUT2D eigenvalue weighted by Crippen LogP contribution is -2.46. The van der Waals surface area contributed by atoms with Crippen LogP contribution in [-0.2, 0) is 11.3 Å². The number of urea groups is 1. The molecule has 0 bridgehead atoms. The molecular formula is C18H23N3O4. The highest BCUT2D eigenvalue weighted by molar-refractivity contribution is 5.94. The molecule has 7 heteroatoms. The molecule has 1 aromatic carbocycles. The molecule has 0 saturated carbocycles. The number of para-hydroxylation sites is 2. The number of anilines is 1. The van der Waals surface area contributed by atoms with Gasteiger partial charge in [-0.2, -0.15) is 0 Å². The van der Waals surface area contributed by atoms with Crippen LogP contribution in [0.1, 0.15) is 26.5 Å². The maximum Gasteiger partial charge on any atom is 0.319 e. The van der Waals surface area contributed by atoms with Crippen molar-refractivity contribution in [2.24, 2.45) is 0 Å². The smallest absolute Gasteiger partial charge is 0.319 e. The number of amides is 3. The fourth-order valence-corrected chi connectivity index (χ4v) is 2.09. The van der Waals surface area contributed by atoms with Gasteiger partial charge < -0.3 is 25.1 Å². The first-order chi connectivity index (χ1) is 12.0. The van der Waals surface area contributed by atoms with Crippen LogP contribution >= 0.6 is 0 Å². The van der Waals surface area contributed by atoms with E-state index in [0.717, 1.165) is 0 Å². The van der Waals surface area contributed by atoms with Gasteiger partial charge in [0, 0.05) is 0 Å². The highest BCUT2D eigenvalue weighted by Gasteiger charge is 2.16. The Hall–Kier alpha value is -2.96. The Kier molecular flexibility index (Phi) is 6.45. The van der Waals surface area contributed by atoms with E-state index in [4.69, 9.17) is 9.15 Å². The second-order valence-corrected chi connectivity index (χ2v) is 5.78. The summed E-state index contributed by atoms with van der Waals surface area (Å²) in [5, 5.41) is 7.98. The number of hydrogen-bond acceptors (Lipinski definition) is 4. The van der Waals surface area contributed by atoms with Crippen LogP contribution in [0.5, 0.6) is 5.75 Å². The summed E-state index contributed by atoms with van der Waals surface area (Å²) >= 11 is 0. The summed E-state index contributed by atoms with van der Waals surface area (Å²) in [6, 6.07) is 9.44. The van der Waals surface area contributed by atoms with Crippen molar-refractivity contribution in [3.8, 4) is 5.75 Å². The standard InChI is InChI=1S/C18H23N3O4/c1-12(2)25-16-9-5-4-8-15(16)21-18(23)20-13(3)17(22)19-11-14-7-6-10-24-14/h4-10,12-13H,11H2,1-3H3,(H,19,22)(H2,20,21,23)/t13-/m1/s1. The molecule has 1 aromatic heterocycles. The number of rotatable bonds is 7. The van der Waals surface area contributed by atoms with Gasteiger partial charge in [0.15, 0.2) is 0 Å². The van der Waals surface area contributed by atoms with E-state index >= 15 is 0 Å². The highest BCUT2D eigenvalue weighted by atomic mass is 16.5. The van der Waals surface area contributed by atoms with Gasteiger partial charge in [0.05, 0.1) is 24.6 Å². The fourth-order valence-electron chi connectivity index (χ4n) is 2.09. The van der Waals surface area contributed by atoms with E-state index in [-0.39, 0.29) is 18.6 Å². The number of furan rings is 1.